The summed E-state index contributed by atoms with van der Waals surface area (Å²) in [6, 6.07) is 13.7. The van der Waals surface area contributed by atoms with Gasteiger partial charge in [0, 0.05) is 10.2 Å². The van der Waals surface area contributed by atoms with E-state index >= 15 is 0 Å². The summed E-state index contributed by atoms with van der Waals surface area (Å²) < 4.78 is 7.84. The van der Waals surface area contributed by atoms with Crippen LogP contribution in [0.2, 0.25) is 0 Å². The molecular formula is C13H11BrINO. The van der Waals surface area contributed by atoms with Crippen LogP contribution in [-0.4, -0.2) is 0 Å². The molecule has 0 spiro atoms. The summed E-state index contributed by atoms with van der Waals surface area (Å²) in [7, 11) is 0. The average molecular weight is 404 g/mol. The van der Waals surface area contributed by atoms with Crippen molar-refractivity contribution in [2.75, 3.05) is 5.73 Å². The van der Waals surface area contributed by atoms with E-state index in [1.807, 2.05) is 42.5 Å². The number of hydrogen-bond acceptors (Lipinski definition) is 2. The average Bonchev–Trinajstić information content (AvgIpc) is 2.30. The Bertz CT molecular complexity index is 513. The summed E-state index contributed by atoms with van der Waals surface area (Å²) in [4.78, 5) is 0. The predicted molar refractivity (Wildman–Crippen MR) is 82.0 cm³/mol. The molecular weight excluding hydrogens is 393 g/mol. The maximum atomic E-state index is 5.74. The van der Waals surface area contributed by atoms with Crippen molar-refractivity contribution in [3.63, 3.8) is 0 Å². The van der Waals surface area contributed by atoms with Gasteiger partial charge in [-0.15, -0.1) is 0 Å². The zero-order valence-corrected chi connectivity index (χ0v) is 12.7. The van der Waals surface area contributed by atoms with Gasteiger partial charge in [-0.05, 0) is 58.5 Å². The minimum absolute atomic E-state index is 0.563. The van der Waals surface area contributed by atoms with Gasteiger partial charge in [0.1, 0.15) is 12.4 Å². The van der Waals surface area contributed by atoms with Gasteiger partial charge in [-0.1, -0.05) is 28.1 Å². The number of nitrogens with two attached hydrogens (primary N) is 1. The van der Waals surface area contributed by atoms with Crippen LogP contribution in [0.15, 0.2) is 46.9 Å². The number of nitrogen functional groups attached to an aromatic ring is 1. The van der Waals surface area contributed by atoms with Crippen LogP contribution in [0.5, 0.6) is 5.75 Å². The number of anilines is 1. The quantitative estimate of drug-likeness (QED) is 0.615. The standard InChI is InChI=1S/C13H11BrINO/c14-10-3-1-9(2-4-10)8-17-13-6-5-11(16)7-12(13)15/h1-7H,8,16H2. The first-order valence-electron chi connectivity index (χ1n) is 5.07. The maximum Gasteiger partial charge on any atom is 0.133 e. The van der Waals surface area contributed by atoms with E-state index in [4.69, 9.17) is 10.5 Å². The first-order chi connectivity index (χ1) is 8.15. The van der Waals surface area contributed by atoms with E-state index in [1.54, 1.807) is 0 Å². The molecule has 88 valence electrons. The SMILES string of the molecule is Nc1ccc(OCc2ccc(Br)cc2)c(I)c1. The molecule has 2 N–H and O–H groups in total. The van der Waals surface area contributed by atoms with Crippen LogP contribution in [0.1, 0.15) is 5.56 Å². The number of hydrogen-bond donors (Lipinski definition) is 1. The van der Waals surface area contributed by atoms with Gasteiger partial charge in [-0.25, -0.2) is 0 Å². The van der Waals surface area contributed by atoms with Gasteiger partial charge >= 0.3 is 0 Å². The highest BCUT2D eigenvalue weighted by molar-refractivity contribution is 14.1. The van der Waals surface area contributed by atoms with Crippen molar-refractivity contribution in [2.45, 2.75) is 6.61 Å². The molecule has 2 aromatic carbocycles. The molecule has 2 nitrogen and oxygen atoms in total. The Morgan fingerprint density at radius 2 is 1.82 bits per heavy atom. The van der Waals surface area contributed by atoms with Gasteiger partial charge in [0.05, 0.1) is 3.57 Å². The molecule has 0 saturated carbocycles. The molecule has 2 rings (SSSR count). The van der Waals surface area contributed by atoms with E-state index in [2.05, 4.69) is 38.5 Å². The van der Waals surface area contributed by atoms with Gasteiger partial charge in [-0.3, -0.25) is 0 Å². The molecule has 0 saturated heterocycles. The number of benzene rings is 2. The van der Waals surface area contributed by atoms with Gasteiger partial charge < -0.3 is 10.5 Å². The Morgan fingerprint density at radius 1 is 1.12 bits per heavy atom. The molecule has 17 heavy (non-hydrogen) atoms. The normalized spacial score (nSPS) is 10.2. The summed E-state index contributed by atoms with van der Waals surface area (Å²) in [5.74, 6) is 0.864. The van der Waals surface area contributed by atoms with Crippen molar-refractivity contribution < 1.29 is 4.74 Å². The molecule has 0 heterocycles. The maximum absolute atomic E-state index is 5.74. The number of ether oxygens (including phenoxy) is 1. The van der Waals surface area contributed by atoms with E-state index in [9.17, 15) is 0 Å². The summed E-state index contributed by atoms with van der Waals surface area (Å²) in [6.07, 6.45) is 0. The first kappa shape index (κ1) is 12.7. The fourth-order valence-electron chi connectivity index (χ4n) is 1.38. The molecule has 0 radical (unpaired) electrons. The Labute approximate surface area is 122 Å². The number of rotatable bonds is 3. The second-order valence-corrected chi connectivity index (χ2v) is 5.68. The van der Waals surface area contributed by atoms with Gasteiger partial charge in [0.15, 0.2) is 0 Å². The number of halogens is 2. The smallest absolute Gasteiger partial charge is 0.133 e. The fourth-order valence-corrected chi connectivity index (χ4v) is 2.34. The predicted octanol–water partition coefficient (Wildman–Crippen LogP) is 4.21. The molecule has 0 unspecified atom stereocenters. The minimum atomic E-state index is 0.563. The van der Waals surface area contributed by atoms with Crippen LogP contribution >= 0.6 is 38.5 Å². The van der Waals surface area contributed by atoms with Crippen LogP contribution in [0.25, 0.3) is 0 Å². The van der Waals surface area contributed by atoms with Crippen LogP contribution in [0, 0.1) is 3.57 Å². The zero-order valence-electron chi connectivity index (χ0n) is 8.99. The van der Waals surface area contributed by atoms with Crippen LogP contribution in [0.3, 0.4) is 0 Å². The Kier molecular flexibility index (Phi) is 4.28. The highest BCUT2D eigenvalue weighted by Crippen LogP contribution is 2.24. The lowest BCUT2D eigenvalue weighted by molar-refractivity contribution is 0.304. The van der Waals surface area contributed by atoms with E-state index < -0.39 is 0 Å². The highest BCUT2D eigenvalue weighted by atomic mass is 127. The molecule has 0 aromatic heterocycles. The van der Waals surface area contributed by atoms with Gasteiger partial charge in [0.25, 0.3) is 0 Å². The molecule has 0 aliphatic heterocycles. The van der Waals surface area contributed by atoms with Crippen molar-refractivity contribution in [3.05, 3.63) is 56.1 Å². The van der Waals surface area contributed by atoms with E-state index in [0.29, 0.717) is 6.61 Å². The Balaban J connectivity index is 2.04. The summed E-state index contributed by atoms with van der Waals surface area (Å²) >= 11 is 5.63. The summed E-state index contributed by atoms with van der Waals surface area (Å²) in [5.41, 5.74) is 7.58. The molecule has 0 aliphatic carbocycles. The molecule has 0 aliphatic rings. The van der Waals surface area contributed by atoms with E-state index in [-0.39, 0.29) is 0 Å². The molecule has 4 heteroatoms. The third-order valence-electron chi connectivity index (χ3n) is 2.26. The molecule has 2 aromatic rings. The zero-order chi connectivity index (χ0) is 12.3. The van der Waals surface area contributed by atoms with Crippen molar-refractivity contribution in [3.8, 4) is 5.75 Å². The lowest BCUT2D eigenvalue weighted by Gasteiger charge is -2.08. The van der Waals surface area contributed by atoms with Crippen molar-refractivity contribution in [1.29, 1.82) is 0 Å². The Hall–Kier alpha value is -0.750. The molecule has 0 atom stereocenters. The van der Waals surface area contributed by atoms with Gasteiger partial charge in [0.2, 0.25) is 0 Å². The van der Waals surface area contributed by atoms with Crippen LogP contribution in [0.4, 0.5) is 5.69 Å². The highest BCUT2D eigenvalue weighted by Gasteiger charge is 2.01. The lowest BCUT2D eigenvalue weighted by Crippen LogP contribution is -1.97. The molecule has 0 fully saturated rings. The topological polar surface area (TPSA) is 35.2 Å². The third kappa shape index (κ3) is 3.61. The minimum Gasteiger partial charge on any atom is -0.488 e. The van der Waals surface area contributed by atoms with Crippen LogP contribution < -0.4 is 10.5 Å². The molecule has 0 bridgehead atoms. The van der Waals surface area contributed by atoms with Gasteiger partial charge in [-0.2, -0.15) is 0 Å². The largest absolute Gasteiger partial charge is 0.488 e. The summed E-state index contributed by atoms with van der Waals surface area (Å²) in [6.45, 7) is 0.563. The van der Waals surface area contributed by atoms with Crippen LogP contribution in [-0.2, 0) is 6.61 Å². The second kappa shape index (κ2) is 5.73. The molecule has 0 amide bonds. The van der Waals surface area contributed by atoms with Crippen molar-refractivity contribution >= 4 is 44.2 Å². The lowest BCUT2D eigenvalue weighted by atomic mass is 10.2. The Morgan fingerprint density at radius 3 is 2.47 bits per heavy atom. The van der Waals surface area contributed by atoms with Crippen molar-refractivity contribution in [2.24, 2.45) is 0 Å². The fraction of sp³-hybridized carbons (Fsp3) is 0.0769. The van der Waals surface area contributed by atoms with E-state index in [0.717, 1.165) is 25.0 Å². The van der Waals surface area contributed by atoms with Crippen molar-refractivity contribution in [1.82, 2.24) is 0 Å². The van der Waals surface area contributed by atoms with E-state index in [1.165, 1.54) is 0 Å². The second-order valence-electron chi connectivity index (χ2n) is 3.61. The third-order valence-corrected chi connectivity index (χ3v) is 3.64. The monoisotopic (exact) mass is 403 g/mol. The first-order valence-corrected chi connectivity index (χ1v) is 6.94. The summed E-state index contributed by atoms with van der Waals surface area (Å²) in [5, 5.41) is 0.